The highest BCUT2D eigenvalue weighted by molar-refractivity contribution is 5.89. The number of likely N-dealkylation sites (tertiary alicyclic amines) is 1. The second-order valence-electron chi connectivity index (χ2n) is 6.21. The van der Waals surface area contributed by atoms with E-state index < -0.39 is 0 Å². The minimum Gasteiger partial charge on any atom is -0.345 e. The summed E-state index contributed by atoms with van der Waals surface area (Å²) in [6, 6.07) is 1.72. The number of nitrogens with zero attached hydrogens (tertiary/aromatic N) is 3. The molecule has 1 saturated heterocycles. The largest absolute Gasteiger partial charge is 0.345 e. The van der Waals surface area contributed by atoms with Gasteiger partial charge in [0.25, 0.3) is 0 Å². The van der Waals surface area contributed by atoms with Gasteiger partial charge >= 0.3 is 0 Å². The van der Waals surface area contributed by atoms with Gasteiger partial charge in [-0.25, -0.2) is 9.97 Å². The van der Waals surface area contributed by atoms with Crippen molar-refractivity contribution in [2.75, 3.05) is 13.1 Å². The molecule has 3 rings (SSSR count). The highest BCUT2D eigenvalue weighted by atomic mass is 16.2. The molecule has 2 heterocycles. The van der Waals surface area contributed by atoms with Crippen LogP contribution in [0.1, 0.15) is 43.7 Å². The second-order valence-corrected chi connectivity index (χ2v) is 6.21. The molecule has 0 bridgehead atoms. The molecule has 0 aromatic carbocycles. The molecule has 0 radical (unpaired) electrons. The Morgan fingerprint density at radius 3 is 2.86 bits per heavy atom. The topological polar surface area (TPSA) is 75.2 Å². The molecule has 22 heavy (non-hydrogen) atoms. The lowest BCUT2D eigenvalue weighted by molar-refractivity contribution is -0.129. The minimum absolute atomic E-state index is 0.0497. The Morgan fingerprint density at radius 1 is 1.50 bits per heavy atom. The Morgan fingerprint density at radius 2 is 2.27 bits per heavy atom. The van der Waals surface area contributed by atoms with Crippen LogP contribution in [-0.2, 0) is 9.59 Å². The molecule has 2 aliphatic rings. The maximum Gasteiger partial charge on any atom is 0.226 e. The molecule has 1 saturated carbocycles. The van der Waals surface area contributed by atoms with E-state index in [9.17, 15) is 9.59 Å². The van der Waals surface area contributed by atoms with E-state index >= 15 is 0 Å². The molecule has 0 spiro atoms. The van der Waals surface area contributed by atoms with Crippen LogP contribution >= 0.6 is 0 Å². The first-order valence-corrected chi connectivity index (χ1v) is 7.96. The molecular formula is C16H22N4O2. The van der Waals surface area contributed by atoms with E-state index in [1.165, 1.54) is 0 Å². The first kappa shape index (κ1) is 14.9. The number of hydrogen-bond acceptors (Lipinski definition) is 4. The van der Waals surface area contributed by atoms with Crippen LogP contribution in [-0.4, -0.2) is 39.8 Å². The summed E-state index contributed by atoms with van der Waals surface area (Å²) >= 11 is 0. The van der Waals surface area contributed by atoms with E-state index in [-0.39, 0.29) is 23.8 Å². The molecule has 2 atom stereocenters. The SMILES string of the molecule is CCN1C[C@@H](C(=O)N[C@H](c2nccc(C)n2)C2CC2)CC1=O. The summed E-state index contributed by atoms with van der Waals surface area (Å²) in [6.45, 7) is 5.04. The lowest BCUT2D eigenvalue weighted by atomic mass is 10.1. The Balaban J connectivity index is 1.69. The number of carbonyl (C=O) groups excluding carboxylic acids is 2. The summed E-state index contributed by atoms with van der Waals surface area (Å²) in [5.74, 6) is 0.875. The normalized spacial score (nSPS) is 22.7. The van der Waals surface area contributed by atoms with E-state index in [0.29, 0.717) is 31.3 Å². The molecule has 1 N–H and O–H groups in total. The van der Waals surface area contributed by atoms with Gasteiger partial charge < -0.3 is 10.2 Å². The molecule has 118 valence electrons. The number of carbonyl (C=O) groups is 2. The van der Waals surface area contributed by atoms with Gasteiger partial charge in [0.15, 0.2) is 5.82 Å². The molecule has 2 fully saturated rings. The van der Waals surface area contributed by atoms with Crippen LogP contribution in [0.25, 0.3) is 0 Å². The van der Waals surface area contributed by atoms with Gasteiger partial charge in [0.05, 0.1) is 12.0 Å². The predicted molar refractivity (Wildman–Crippen MR) is 80.7 cm³/mol. The van der Waals surface area contributed by atoms with Crippen molar-refractivity contribution in [3.05, 3.63) is 23.8 Å². The fraction of sp³-hybridized carbons (Fsp3) is 0.625. The average Bonchev–Trinajstić information content (AvgIpc) is 3.26. The van der Waals surface area contributed by atoms with E-state index in [4.69, 9.17) is 0 Å². The molecule has 6 nitrogen and oxygen atoms in total. The number of hydrogen-bond donors (Lipinski definition) is 1. The van der Waals surface area contributed by atoms with Crippen molar-refractivity contribution >= 4 is 11.8 Å². The van der Waals surface area contributed by atoms with Crippen molar-refractivity contribution in [3.63, 3.8) is 0 Å². The van der Waals surface area contributed by atoms with Crippen molar-refractivity contribution in [3.8, 4) is 0 Å². The Kier molecular flexibility index (Phi) is 4.09. The lowest BCUT2D eigenvalue weighted by Crippen LogP contribution is -2.37. The summed E-state index contributed by atoms with van der Waals surface area (Å²) in [4.78, 5) is 34.8. The predicted octanol–water partition coefficient (Wildman–Crippen LogP) is 1.22. The average molecular weight is 302 g/mol. The van der Waals surface area contributed by atoms with E-state index in [0.717, 1.165) is 18.5 Å². The van der Waals surface area contributed by atoms with Crippen LogP contribution in [0, 0.1) is 18.8 Å². The summed E-state index contributed by atoms with van der Waals surface area (Å²) < 4.78 is 0. The van der Waals surface area contributed by atoms with Gasteiger partial charge in [-0.15, -0.1) is 0 Å². The van der Waals surface area contributed by atoms with Crippen molar-refractivity contribution in [1.82, 2.24) is 20.2 Å². The quantitative estimate of drug-likeness (QED) is 0.887. The molecular weight excluding hydrogens is 280 g/mol. The summed E-state index contributed by atoms with van der Waals surface area (Å²) in [6.07, 6.45) is 4.22. The molecule has 6 heteroatoms. The van der Waals surface area contributed by atoms with Crippen LogP contribution in [0.4, 0.5) is 0 Å². The third-order valence-corrected chi connectivity index (χ3v) is 4.45. The molecule has 0 unspecified atom stereocenters. The molecule has 1 aliphatic heterocycles. The number of nitrogens with one attached hydrogen (secondary N) is 1. The van der Waals surface area contributed by atoms with Gasteiger partial charge in [0.1, 0.15) is 0 Å². The minimum atomic E-state index is -0.251. The van der Waals surface area contributed by atoms with Gasteiger partial charge in [-0.2, -0.15) is 0 Å². The highest BCUT2D eigenvalue weighted by Gasteiger charge is 2.39. The number of aromatic nitrogens is 2. The standard InChI is InChI=1S/C16H22N4O2/c1-3-20-9-12(8-13(20)21)16(22)19-14(11-4-5-11)15-17-7-6-10(2)18-15/h6-7,11-12,14H,3-5,8-9H2,1-2H3,(H,19,22)/t12-,14-/m0/s1. The molecule has 1 aliphatic carbocycles. The zero-order chi connectivity index (χ0) is 15.7. The lowest BCUT2D eigenvalue weighted by Gasteiger charge is -2.20. The van der Waals surface area contributed by atoms with E-state index in [1.54, 1.807) is 11.1 Å². The Bertz CT molecular complexity index is 585. The van der Waals surface area contributed by atoms with Crippen LogP contribution < -0.4 is 5.32 Å². The number of rotatable bonds is 5. The zero-order valence-electron chi connectivity index (χ0n) is 13.1. The third-order valence-electron chi connectivity index (χ3n) is 4.45. The summed E-state index contributed by atoms with van der Waals surface area (Å²) in [7, 11) is 0. The molecule has 1 aromatic rings. The van der Waals surface area contributed by atoms with E-state index in [2.05, 4.69) is 15.3 Å². The van der Waals surface area contributed by atoms with E-state index in [1.807, 2.05) is 19.9 Å². The van der Waals surface area contributed by atoms with Gasteiger partial charge in [0.2, 0.25) is 11.8 Å². The van der Waals surface area contributed by atoms with Crippen LogP contribution in [0.15, 0.2) is 12.3 Å². The zero-order valence-corrected chi connectivity index (χ0v) is 13.1. The smallest absolute Gasteiger partial charge is 0.226 e. The van der Waals surface area contributed by atoms with Crippen molar-refractivity contribution in [2.24, 2.45) is 11.8 Å². The Hall–Kier alpha value is -1.98. The Labute approximate surface area is 130 Å². The van der Waals surface area contributed by atoms with Crippen molar-refractivity contribution in [1.29, 1.82) is 0 Å². The molecule has 1 aromatic heterocycles. The van der Waals surface area contributed by atoms with Crippen LogP contribution in [0.3, 0.4) is 0 Å². The van der Waals surface area contributed by atoms with Crippen LogP contribution in [0.5, 0.6) is 0 Å². The first-order valence-electron chi connectivity index (χ1n) is 7.96. The maximum absolute atomic E-state index is 12.5. The monoisotopic (exact) mass is 302 g/mol. The third kappa shape index (κ3) is 3.10. The van der Waals surface area contributed by atoms with Crippen LogP contribution in [0.2, 0.25) is 0 Å². The van der Waals surface area contributed by atoms with Gasteiger partial charge in [-0.1, -0.05) is 0 Å². The fourth-order valence-corrected chi connectivity index (χ4v) is 2.97. The van der Waals surface area contributed by atoms with Crippen molar-refractivity contribution < 1.29 is 9.59 Å². The summed E-state index contributed by atoms with van der Waals surface area (Å²) in [5.41, 5.74) is 0.901. The van der Waals surface area contributed by atoms with Gasteiger partial charge in [-0.3, -0.25) is 9.59 Å². The first-order chi connectivity index (χ1) is 10.6. The van der Waals surface area contributed by atoms with Crippen molar-refractivity contribution in [2.45, 2.75) is 39.2 Å². The second kappa shape index (κ2) is 6.02. The number of amides is 2. The fourth-order valence-electron chi connectivity index (χ4n) is 2.97. The molecule has 2 amide bonds. The summed E-state index contributed by atoms with van der Waals surface area (Å²) in [5, 5.41) is 3.09. The number of aryl methyl sites for hydroxylation is 1. The maximum atomic E-state index is 12.5. The van der Waals surface area contributed by atoms with Gasteiger partial charge in [0, 0.05) is 31.4 Å². The highest BCUT2D eigenvalue weighted by Crippen LogP contribution is 2.40. The van der Waals surface area contributed by atoms with Gasteiger partial charge in [-0.05, 0) is 38.7 Å².